The first-order valence-electron chi connectivity index (χ1n) is 18.7. The van der Waals surface area contributed by atoms with Crippen LogP contribution in [0.15, 0.2) is 154 Å². The van der Waals surface area contributed by atoms with Gasteiger partial charge in [-0.3, -0.25) is 9.11 Å². The van der Waals surface area contributed by atoms with E-state index in [1.54, 1.807) is 72.8 Å². The van der Waals surface area contributed by atoms with E-state index < -0.39 is 51.6 Å². The topological polar surface area (TPSA) is 213 Å². The van der Waals surface area contributed by atoms with Gasteiger partial charge in [0.05, 0.1) is 9.79 Å². The standard InChI is InChI=1S/C46H36O12S3/c47-43-32-16-30(28-10-4-1-5-11-28)17-33(43)21-35-25-42(60(53,54)55)27-37(45(35)49)23-39-19-31(29-12-6-2-7-13-29)18-38(46(39)58-61(56,57)40-14-8-3-9-15-40)22-36-26-41(59(50,51)52)24-34(20-32)44(36)48/h1-19,24-27,47-49H,20-23H2,(H,50,51,52)(H,53,54,55). The molecule has 8 bridgehead atoms. The van der Waals surface area contributed by atoms with Crippen LogP contribution in [0.5, 0.6) is 23.0 Å². The van der Waals surface area contributed by atoms with Crippen molar-refractivity contribution in [3.05, 3.63) is 184 Å². The number of hydrogen-bond donors (Lipinski definition) is 5. The maximum atomic E-state index is 14.0. The van der Waals surface area contributed by atoms with Gasteiger partial charge in [0.1, 0.15) is 27.9 Å². The molecule has 0 unspecified atom stereocenters. The van der Waals surface area contributed by atoms with Crippen molar-refractivity contribution in [1.29, 1.82) is 0 Å². The second kappa shape index (κ2) is 15.8. The first-order chi connectivity index (χ1) is 28.9. The van der Waals surface area contributed by atoms with Crippen LogP contribution in [0.3, 0.4) is 0 Å². The van der Waals surface area contributed by atoms with Crippen molar-refractivity contribution >= 4 is 30.4 Å². The summed E-state index contributed by atoms with van der Waals surface area (Å²) in [4.78, 5) is -1.37. The maximum absolute atomic E-state index is 14.0. The molecule has 0 aliphatic heterocycles. The average molecular weight is 877 g/mol. The Hall–Kier alpha value is -6.49. The lowest BCUT2D eigenvalue weighted by Crippen LogP contribution is -2.14. The van der Waals surface area contributed by atoms with E-state index in [1.807, 2.05) is 18.2 Å². The predicted molar refractivity (Wildman–Crippen MR) is 227 cm³/mol. The Balaban J connectivity index is 1.47. The molecule has 0 spiro atoms. The average Bonchev–Trinajstić information content (AvgIpc) is 3.22. The summed E-state index contributed by atoms with van der Waals surface area (Å²) in [6, 6.07) is 35.9. The first kappa shape index (κ1) is 41.3. The van der Waals surface area contributed by atoms with Crippen molar-refractivity contribution < 1.29 is 53.9 Å². The molecule has 0 radical (unpaired) electrons. The van der Waals surface area contributed by atoms with E-state index in [9.17, 15) is 49.7 Å². The second-order valence-corrected chi connectivity index (χ2v) is 19.1. The molecule has 0 amide bonds. The third-order valence-electron chi connectivity index (χ3n) is 10.6. The van der Waals surface area contributed by atoms with E-state index in [0.29, 0.717) is 22.3 Å². The smallest absolute Gasteiger partial charge is 0.339 e. The molecule has 5 N–H and O–H groups in total. The van der Waals surface area contributed by atoms with Crippen molar-refractivity contribution in [2.75, 3.05) is 0 Å². The molecule has 0 heterocycles. The Morgan fingerprint density at radius 3 is 1.00 bits per heavy atom. The van der Waals surface area contributed by atoms with Crippen LogP contribution in [0.4, 0.5) is 0 Å². The highest BCUT2D eigenvalue weighted by Crippen LogP contribution is 2.43. The molecule has 1 aliphatic carbocycles. The van der Waals surface area contributed by atoms with Crippen LogP contribution < -0.4 is 4.18 Å². The summed E-state index contributed by atoms with van der Waals surface area (Å²) in [5.74, 6) is -1.41. The van der Waals surface area contributed by atoms with Crippen LogP contribution in [0.1, 0.15) is 44.5 Å². The van der Waals surface area contributed by atoms with Gasteiger partial charge in [-0.15, -0.1) is 0 Å². The van der Waals surface area contributed by atoms with E-state index in [2.05, 4.69) is 0 Å². The summed E-state index contributed by atoms with van der Waals surface area (Å²) >= 11 is 0. The number of rotatable bonds is 7. The van der Waals surface area contributed by atoms with Crippen LogP contribution in [-0.4, -0.2) is 49.7 Å². The van der Waals surface area contributed by atoms with Gasteiger partial charge in [-0.2, -0.15) is 25.3 Å². The number of phenols is 3. The van der Waals surface area contributed by atoms with Gasteiger partial charge in [0, 0.05) is 59.1 Å². The van der Waals surface area contributed by atoms with E-state index in [0.717, 1.165) is 24.3 Å². The Bertz CT molecular complexity index is 3050. The van der Waals surface area contributed by atoms with Gasteiger partial charge in [0.25, 0.3) is 20.2 Å². The zero-order chi connectivity index (χ0) is 43.3. The van der Waals surface area contributed by atoms with Gasteiger partial charge in [-0.1, -0.05) is 78.9 Å². The molecule has 0 fully saturated rings. The summed E-state index contributed by atoms with van der Waals surface area (Å²) in [7, 11) is -14.4. The molecule has 0 saturated heterocycles. The molecular weight excluding hydrogens is 841 g/mol. The molecule has 61 heavy (non-hydrogen) atoms. The molecule has 15 heteroatoms. The van der Waals surface area contributed by atoms with E-state index in [-0.39, 0.29) is 86.6 Å². The van der Waals surface area contributed by atoms with Gasteiger partial charge < -0.3 is 19.5 Å². The highest BCUT2D eigenvalue weighted by molar-refractivity contribution is 7.87. The maximum Gasteiger partial charge on any atom is 0.339 e. The van der Waals surface area contributed by atoms with Crippen LogP contribution in [0, 0.1) is 0 Å². The zero-order valence-corrected chi connectivity index (χ0v) is 34.4. The van der Waals surface area contributed by atoms with Crippen LogP contribution >= 0.6 is 0 Å². The Labute approximate surface area is 352 Å². The molecular formula is C46H36O12S3. The Kier molecular flexibility index (Phi) is 10.7. The van der Waals surface area contributed by atoms with E-state index >= 15 is 0 Å². The number of aromatic hydroxyl groups is 3. The molecule has 8 rings (SSSR count). The third-order valence-corrected chi connectivity index (χ3v) is 13.5. The quantitative estimate of drug-likeness (QED) is 0.0760. The van der Waals surface area contributed by atoms with Crippen molar-refractivity contribution in [3.8, 4) is 45.3 Å². The molecule has 0 saturated carbocycles. The molecule has 12 nitrogen and oxygen atoms in total. The van der Waals surface area contributed by atoms with Gasteiger partial charge >= 0.3 is 10.1 Å². The fourth-order valence-corrected chi connectivity index (χ4v) is 9.79. The highest BCUT2D eigenvalue weighted by Gasteiger charge is 2.28. The minimum atomic E-state index is -4.91. The van der Waals surface area contributed by atoms with Crippen molar-refractivity contribution in [3.63, 3.8) is 0 Å². The predicted octanol–water partition coefficient (Wildman–Crippen LogP) is 8.08. The van der Waals surface area contributed by atoms with Gasteiger partial charge in [0.2, 0.25) is 0 Å². The van der Waals surface area contributed by atoms with E-state index in [1.165, 1.54) is 24.3 Å². The highest BCUT2D eigenvalue weighted by atomic mass is 32.2. The summed E-state index contributed by atoms with van der Waals surface area (Å²) in [5, 5.41) is 35.8. The molecule has 0 aromatic heterocycles. The molecule has 310 valence electrons. The Morgan fingerprint density at radius 2 is 0.656 bits per heavy atom. The molecule has 0 atom stereocenters. The monoisotopic (exact) mass is 876 g/mol. The number of phenolic OH excluding ortho intramolecular Hbond substituents is 3. The van der Waals surface area contributed by atoms with Crippen LogP contribution in [-0.2, 0) is 56.0 Å². The van der Waals surface area contributed by atoms with Crippen LogP contribution in [0.25, 0.3) is 22.3 Å². The normalized spacial score (nSPS) is 13.1. The van der Waals surface area contributed by atoms with Gasteiger partial charge in [0.15, 0.2) is 0 Å². The van der Waals surface area contributed by atoms with Crippen molar-refractivity contribution in [1.82, 2.24) is 0 Å². The fourth-order valence-electron chi connectivity index (χ4n) is 7.61. The summed E-state index contributed by atoms with van der Waals surface area (Å²) < 4.78 is 106. The van der Waals surface area contributed by atoms with Crippen LogP contribution in [0.2, 0.25) is 0 Å². The first-order valence-corrected chi connectivity index (χ1v) is 23.0. The van der Waals surface area contributed by atoms with Gasteiger partial charge in [-0.05, 0) is 94.0 Å². The largest absolute Gasteiger partial charge is 0.507 e. The number of hydrogen-bond acceptors (Lipinski definition) is 10. The van der Waals surface area contributed by atoms with E-state index in [4.69, 9.17) is 4.18 Å². The molecule has 1 aliphatic rings. The number of fused-ring (bicyclic) bond motifs is 8. The van der Waals surface area contributed by atoms with Crippen molar-refractivity contribution in [2.45, 2.75) is 40.4 Å². The zero-order valence-electron chi connectivity index (χ0n) is 31.9. The number of benzene rings is 7. The SMILES string of the molecule is O=S(=O)(O)c1cc2c(O)c(c1)Cc1cc(-c3ccccc3)cc(c1OS(=O)(=O)c1ccccc1)Cc1cc(S(=O)(=O)O)cc(c1O)Cc1cc(-c3ccccc3)cc(c1O)C2. The van der Waals surface area contributed by atoms with Gasteiger partial charge in [-0.25, -0.2) is 0 Å². The lowest BCUT2D eigenvalue weighted by atomic mass is 9.88. The minimum Gasteiger partial charge on any atom is -0.507 e. The fraction of sp³-hybridized carbons (Fsp3) is 0.0870. The molecule has 7 aromatic carbocycles. The van der Waals surface area contributed by atoms with Crippen molar-refractivity contribution in [2.24, 2.45) is 0 Å². The summed E-state index contributed by atoms with van der Waals surface area (Å²) in [6.07, 6.45) is -1.38. The summed E-state index contributed by atoms with van der Waals surface area (Å²) in [6.45, 7) is 0. The third kappa shape index (κ3) is 8.60. The molecule has 7 aromatic rings. The summed E-state index contributed by atoms with van der Waals surface area (Å²) in [5.41, 5.74) is 2.85. The Morgan fingerprint density at radius 1 is 0.361 bits per heavy atom. The second-order valence-electron chi connectivity index (χ2n) is 14.7. The minimum absolute atomic E-state index is 0.0269. The lowest BCUT2D eigenvalue weighted by Gasteiger charge is -2.21. The lowest BCUT2D eigenvalue weighted by molar-refractivity contribution is 0.453.